The van der Waals surface area contributed by atoms with E-state index in [1.165, 1.54) is 31.3 Å². The first-order chi connectivity index (χ1) is 21.5. The predicted molar refractivity (Wildman–Crippen MR) is 181 cm³/mol. The Kier molecular flexibility index (Phi) is 8.20. The van der Waals surface area contributed by atoms with Crippen molar-refractivity contribution in [3.63, 3.8) is 0 Å². The summed E-state index contributed by atoms with van der Waals surface area (Å²) in [6, 6.07) is 5.31. The summed E-state index contributed by atoms with van der Waals surface area (Å²) in [7, 11) is 1.55. The Bertz CT molecular complexity index is 1400. The van der Waals surface area contributed by atoms with Crippen LogP contribution in [0.1, 0.15) is 118 Å². The molecule has 0 bridgehead atoms. The third-order valence-corrected chi connectivity index (χ3v) is 15.5. The molecular weight excluding hydrogens is 574 g/mol. The van der Waals surface area contributed by atoms with E-state index in [1.807, 2.05) is 12.1 Å². The molecule has 5 aliphatic rings. The number of fused-ring (bicyclic) bond motifs is 7. The Labute approximate surface area is 277 Å². The van der Waals surface area contributed by atoms with Gasteiger partial charge in [0, 0.05) is 18.9 Å². The number of phenols is 1. The van der Waals surface area contributed by atoms with Crippen LogP contribution in [0.15, 0.2) is 30.4 Å². The summed E-state index contributed by atoms with van der Waals surface area (Å²) in [5.74, 6) is 2.88. The molecule has 5 fully saturated rings. The minimum atomic E-state index is -0.372. The smallest absolute Gasteiger partial charge is 0.302 e. The van der Waals surface area contributed by atoms with E-state index in [2.05, 4.69) is 53.4 Å². The maximum absolute atomic E-state index is 14.5. The Morgan fingerprint density at radius 1 is 0.913 bits per heavy atom. The van der Waals surface area contributed by atoms with Crippen LogP contribution in [0.2, 0.25) is 0 Å². The van der Waals surface area contributed by atoms with Crippen LogP contribution in [0.4, 0.5) is 0 Å². The molecule has 0 aliphatic heterocycles. The van der Waals surface area contributed by atoms with E-state index in [0.717, 1.165) is 44.1 Å². The van der Waals surface area contributed by atoms with Gasteiger partial charge in [-0.1, -0.05) is 52.8 Å². The van der Waals surface area contributed by atoms with E-state index in [-0.39, 0.29) is 50.8 Å². The van der Waals surface area contributed by atoms with Crippen molar-refractivity contribution in [2.45, 2.75) is 125 Å². The number of methoxy groups -OCH3 is 1. The lowest BCUT2D eigenvalue weighted by molar-refractivity contribution is -0.248. The van der Waals surface area contributed by atoms with Gasteiger partial charge in [-0.25, -0.2) is 0 Å². The number of allylic oxidation sites excluding steroid dienone is 1. The van der Waals surface area contributed by atoms with E-state index < -0.39 is 0 Å². The summed E-state index contributed by atoms with van der Waals surface area (Å²) >= 11 is 0. The van der Waals surface area contributed by atoms with Crippen molar-refractivity contribution < 1.29 is 24.2 Å². The summed E-state index contributed by atoms with van der Waals surface area (Å²) in [5, 5.41) is 13.4. The molecule has 6 rings (SSSR count). The average Bonchev–Trinajstić information content (AvgIpc) is 3.39. The lowest BCUT2D eigenvalue weighted by Crippen LogP contribution is -2.67. The quantitative estimate of drug-likeness (QED) is 0.242. The first kappa shape index (κ1) is 33.4. The number of hydrogen-bond donors (Lipinski definition) is 2. The van der Waals surface area contributed by atoms with E-state index >= 15 is 0 Å². The molecular formula is C40H59NO5. The van der Waals surface area contributed by atoms with Gasteiger partial charge in [0.2, 0.25) is 5.91 Å². The molecule has 5 saturated carbocycles. The first-order valence-electron chi connectivity index (χ1n) is 18.0. The SMILES string of the molecule is C=C(C)[C@@H]1CC[C@]2(C(=O)NCc3ccc(O)c(OC)c3)CC[C@]3(C)C(CCC4[C@@]5(C)CCC(OC(C)=O)C(C)(C)C5CC[C@]43C)C12. The standard InChI is InChI=1S/C40H59NO5/c1-24(2)27-14-19-40(35(44)41-23-26-10-12-29(43)30(22-26)45-9)21-20-38(7)28(34(27)40)11-13-32-37(6)17-16-33(46-25(3)42)36(4,5)31(37)15-18-39(32,38)8/h10,12,22,27-28,31-34,43H,1,11,13-21,23H2,2-9H3,(H,41,44)/t27-,28?,31?,32?,33?,34?,37-,38+,39+,40-/m0/s1. The molecule has 2 N–H and O–H groups in total. The highest BCUT2D eigenvalue weighted by atomic mass is 16.5. The zero-order valence-corrected chi connectivity index (χ0v) is 29.8. The Morgan fingerprint density at radius 2 is 1.65 bits per heavy atom. The van der Waals surface area contributed by atoms with E-state index in [9.17, 15) is 14.7 Å². The topological polar surface area (TPSA) is 84.9 Å². The zero-order chi connectivity index (χ0) is 33.4. The zero-order valence-electron chi connectivity index (χ0n) is 29.8. The van der Waals surface area contributed by atoms with Crippen LogP contribution in [-0.2, 0) is 20.9 Å². The number of nitrogens with one attached hydrogen (secondary N) is 1. The van der Waals surface area contributed by atoms with Crippen molar-refractivity contribution in [3.8, 4) is 11.5 Å². The Morgan fingerprint density at radius 3 is 2.33 bits per heavy atom. The van der Waals surface area contributed by atoms with Gasteiger partial charge < -0.3 is 19.9 Å². The summed E-state index contributed by atoms with van der Waals surface area (Å²) in [4.78, 5) is 26.5. The van der Waals surface area contributed by atoms with Crippen LogP contribution < -0.4 is 10.1 Å². The molecule has 1 aromatic rings. The maximum atomic E-state index is 14.5. The Balaban J connectivity index is 1.30. The predicted octanol–water partition coefficient (Wildman–Crippen LogP) is 8.61. The number of amides is 1. The van der Waals surface area contributed by atoms with Gasteiger partial charge in [0.1, 0.15) is 6.10 Å². The van der Waals surface area contributed by atoms with Gasteiger partial charge in [0.15, 0.2) is 11.5 Å². The van der Waals surface area contributed by atoms with Crippen LogP contribution in [0.3, 0.4) is 0 Å². The van der Waals surface area contributed by atoms with Crippen LogP contribution in [-0.4, -0.2) is 30.2 Å². The summed E-state index contributed by atoms with van der Waals surface area (Å²) < 4.78 is 11.3. The molecule has 0 radical (unpaired) electrons. The molecule has 0 heterocycles. The van der Waals surface area contributed by atoms with Gasteiger partial charge in [-0.2, -0.15) is 0 Å². The molecule has 0 spiro atoms. The molecule has 1 amide bonds. The number of rotatable bonds is 6. The molecule has 5 unspecified atom stereocenters. The second-order valence-corrected chi connectivity index (χ2v) is 17.5. The maximum Gasteiger partial charge on any atom is 0.302 e. The molecule has 1 aromatic carbocycles. The first-order valence-corrected chi connectivity index (χ1v) is 18.0. The van der Waals surface area contributed by atoms with Crippen molar-refractivity contribution in [1.82, 2.24) is 5.32 Å². The van der Waals surface area contributed by atoms with Crippen LogP contribution in [0.25, 0.3) is 0 Å². The third kappa shape index (κ3) is 4.69. The minimum Gasteiger partial charge on any atom is -0.504 e. The van der Waals surface area contributed by atoms with Gasteiger partial charge in [-0.3, -0.25) is 9.59 Å². The number of phenolic OH excluding ortho intramolecular Hbond substituents is 1. The molecule has 6 nitrogen and oxygen atoms in total. The molecule has 0 saturated heterocycles. The van der Waals surface area contributed by atoms with Crippen molar-refractivity contribution in [1.29, 1.82) is 0 Å². The molecule has 10 atom stereocenters. The number of esters is 1. The number of carbonyl (C=O) groups is 2. The van der Waals surface area contributed by atoms with Gasteiger partial charge in [-0.05, 0) is 135 Å². The molecule has 6 heteroatoms. The largest absolute Gasteiger partial charge is 0.504 e. The number of hydrogen-bond acceptors (Lipinski definition) is 5. The fraction of sp³-hybridized carbons (Fsp3) is 0.750. The molecule has 254 valence electrons. The van der Waals surface area contributed by atoms with Crippen LogP contribution >= 0.6 is 0 Å². The van der Waals surface area contributed by atoms with E-state index in [0.29, 0.717) is 41.9 Å². The van der Waals surface area contributed by atoms with Crippen LogP contribution in [0.5, 0.6) is 11.5 Å². The number of aromatic hydroxyl groups is 1. The molecule has 46 heavy (non-hydrogen) atoms. The lowest BCUT2D eigenvalue weighted by Gasteiger charge is -2.72. The average molecular weight is 634 g/mol. The number of carbonyl (C=O) groups excluding carboxylic acids is 2. The molecule has 5 aliphatic carbocycles. The van der Waals surface area contributed by atoms with Gasteiger partial charge in [0.05, 0.1) is 12.5 Å². The van der Waals surface area contributed by atoms with Gasteiger partial charge >= 0.3 is 5.97 Å². The van der Waals surface area contributed by atoms with Gasteiger partial charge in [-0.15, -0.1) is 0 Å². The highest BCUT2D eigenvalue weighted by Gasteiger charge is 2.72. The van der Waals surface area contributed by atoms with Crippen molar-refractivity contribution in [3.05, 3.63) is 35.9 Å². The third-order valence-electron chi connectivity index (χ3n) is 15.5. The van der Waals surface area contributed by atoms with Crippen LogP contribution in [0, 0.1) is 56.7 Å². The minimum absolute atomic E-state index is 0.00866. The van der Waals surface area contributed by atoms with Crippen molar-refractivity contribution in [2.24, 2.45) is 56.7 Å². The van der Waals surface area contributed by atoms with Crippen molar-refractivity contribution >= 4 is 11.9 Å². The summed E-state index contributed by atoms with van der Waals surface area (Å²) in [6.45, 7) is 21.2. The van der Waals surface area contributed by atoms with Gasteiger partial charge in [0.25, 0.3) is 0 Å². The highest BCUT2D eigenvalue weighted by molar-refractivity contribution is 5.84. The number of ether oxygens (including phenoxy) is 2. The second-order valence-electron chi connectivity index (χ2n) is 17.5. The van der Waals surface area contributed by atoms with E-state index in [4.69, 9.17) is 9.47 Å². The number of benzene rings is 1. The monoisotopic (exact) mass is 633 g/mol. The molecule has 0 aromatic heterocycles. The fourth-order valence-corrected chi connectivity index (χ4v) is 13.1. The Hall–Kier alpha value is -2.50. The summed E-state index contributed by atoms with van der Waals surface area (Å²) in [6.07, 6.45) is 10.8. The second kappa shape index (κ2) is 11.3. The fourth-order valence-electron chi connectivity index (χ4n) is 13.1. The van der Waals surface area contributed by atoms with E-state index in [1.54, 1.807) is 20.1 Å². The summed E-state index contributed by atoms with van der Waals surface area (Å²) in [5.41, 5.74) is 2.30. The highest BCUT2D eigenvalue weighted by Crippen LogP contribution is 2.77. The van der Waals surface area contributed by atoms with Crippen molar-refractivity contribution in [2.75, 3.05) is 7.11 Å². The normalized spacial score (nSPS) is 42.4. The lowest BCUT2D eigenvalue weighted by atomic mass is 9.32.